The quantitative estimate of drug-likeness (QED) is 0.515. The van der Waals surface area contributed by atoms with Crippen LogP contribution in [-0.2, 0) is 19.1 Å². The summed E-state index contributed by atoms with van der Waals surface area (Å²) in [4.78, 5) is 24.0. The van der Waals surface area contributed by atoms with Gasteiger partial charge in [0.25, 0.3) is 0 Å². The Labute approximate surface area is 169 Å². The molecule has 4 nitrogen and oxygen atoms in total. The van der Waals surface area contributed by atoms with Crippen molar-refractivity contribution in [2.45, 2.75) is 97.4 Å². The largest absolute Gasteiger partial charge is 0.462 e. The molecule has 5 rings (SSSR count). The van der Waals surface area contributed by atoms with E-state index in [2.05, 4.69) is 20.8 Å². The molecule has 5 aliphatic rings. The third kappa shape index (κ3) is 2.27. The fourth-order valence-electron chi connectivity index (χ4n) is 9.20. The van der Waals surface area contributed by atoms with Gasteiger partial charge in [0.2, 0.25) is 0 Å². The predicted octanol–water partition coefficient (Wildman–Crippen LogP) is 4.54. The first-order chi connectivity index (χ1) is 13.1. The molecule has 1 aliphatic heterocycles. The number of hydrogen-bond donors (Lipinski definition) is 0. The second-order valence-electron chi connectivity index (χ2n) is 11.3. The highest BCUT2D eigenvalue weighted by Gasteiger charge is 2.76. The number of carbonyl (C=O) groups excluding carboxylic acids is 2. The van der Waals surface area contributed by atoms with Gasteiger partial charge in [-0.2, -0.15) is 0 Å². The number of esters is 1. The van der Waals surface area contributed by atoms with Crippen LogP contribution in [0.5, 0.6) is 0 Å². The van der Waals surface area contributed by atoms with Gasteiger partial charge in [0.05, 0.1) is 6.10 Å². The Kier molecular flexibility index (Phi) is 3.98. The van der Waals surface area contributed by atoms with Gasteiger partial charge < -0.3 is 9.47 Å². The maximum Gasteiger partial charge on any atom is 0.302 e. The lowest BCUT2D eigenvalue weighted by atomic mass is 9.44. The molecule has 0 unspecified atom stereocenters. The number of rotatable bonds is 2. The van der Waals surface area contributed by atoms with Crippen LogP contribution in [0.3, 0.4) is 0 Å². The molecule has 5 fully saturated rings. The zero-order valence-electron chi connectivity index (χ0n) is 18.1. The first-order valence-corrected chi connectivity index (χ1v) is 11.5. The van der Waals surface area contributed by atoms with E-state index >= 15 is 0 Å². The van der Waals surface area contributed by atoms with Crippen molar-refractivity contribution in [2.24, 2.45) is 40.4 Å². The Morgan fingerprint density at radius 3 is 2.46 bits per heavy atom. The molecule has 0 aromatic carbocycles. The summed E-state index contributed by atoms with van der Waals surface area (Å²) >= 11 is 0. The summed E-state index contributed by atoms with van der Waals surface area (Å²) in [5.41, 5.74) is 0.299. The lowest BCUT2D eigenvalue weighted by Gasteiger charge is -2.59. The normalized spacial score (nSPS) is 56.7. The van der Waals surface area contributed by atoms with Crippen LogP contribution in [-0.4, -0.2) is 29.6 Å². The monoisotopic (exact) mass is 388 g/mol. The van der Waals surface area contributed by atoms with Crippen LogP contribution in [0.25, 0.3) is 0 Å². The molecule has 156 valence electrons. The molecule has 0 N–H and O–H groups in total. The highest BCUT2D eigenvalue weighted by Crippen LogP contribution is 2.74. The van der Waals surface area contributed by atoms with Crippen LogP contribution in [0, 0.1) is 40.4 Å². The lowest BCUT2D eigenvalue weighted by Crippen LogP contribution is -2.59. The fraction of sp³-hybridized carbons (Fsp3) is 0.917. The number of ketones is 1. The van der Waals surface area contributed by atoms with E-state index < -0.39 is 0 Å². The summed E-state index contributed by atoms with van der Waals surface area (Å²) < 4.78 is 12.1. The summed E-state index contributed by atoms with van der Waals surface area (Å²) in [6.07, 6.45) is 8.03. The summed E-state index contributed by atoms with van der Waals surface area (Å²) in [7, 11) is 0. The molecule has 0 aromatic heterocycles. The van der Waals surface area contributed by atoms with E-state index in [0.717, 1.165) is 25.7 Å². The van der Waals surface area contributed by atoms with Crippen LogP contribution in [0.4, 0.5) is 0 Å². The predicted molar refractivity (Wildman–Crippen MR) is 105 cm³/mol. The molecular weight excluding hydrogens is 352 g/mol. The van der Waals surface area contributed by atoms with E-state index in [0.29, 0.717) is 35.6 Å². The van der Waals surface area contributed by atoms with Crippen molar-refractivity contribution in [1.82, 2.24) is 0 Å². The van der Waals surface area contributed by atoms with Gasteiger partial charge >= 0.3 is 5.97 Å². The molecule has 0 amide bonds. The minimum absolute atomic E-state index is 0.0228. The smallest absolute Gasteiger partial charge is 0.302 e. The Balaban J connectivity index is 1.44. The Morgan fingerprint density at radius 2 is 1.79 bits per heavy atom. The second kappa shape index (κ2) is 5.83. The van der Waals surface area contributed by atoms with Gasteiger partial charge in [0, 0.05) is 24.7 Å². The van der Waals surface area contributed by atoms with E-state index in [1.165, 1.54) is 26.2 Å². The van der Waals surface area contributed by atoms with E-state index in [1.807, 2.05) is 6.92 Å². The van der Waals surface area contributed by atoms with Crippen molar-refractivity contribution in [1.29, 1.82) is 0 Å². The maximum absolute atomic E-state index is 12.5. The number of carbonyl (C=O) groups is 2. The molecule has 0 radical (unpaired) electrons. The minimum atomic E-state index is -0.167. The molecule has 4 heteroatoms. The average Bonchev–Trinajstić information content (AvgIpc) is 3.20. The number of Topliss-reactive ketones (excluding diaryl/α,β-unsaturated/α-hetero) is 1. The molecule has 0 aromatic rings. The van der Waals surface area contributed by atoms with Gasteiger partial charge in [0.15, 0.2) is 0 Å². The van der Waals surface area contributed by atoms with E-state index in [4.69, 9.17) is 9.47 Å². The maximum atomic E-state index is 12.5. The third-order valence-electron chi connectivity index (χ3n) is 10.2. The van der Waals surface area contributed by atoms with Crippen molar-refractivity contribution in [3.8, 4) is 0 Å². The first kappa shape index (κ1) is 19.1. The number of epoxide rings is 1. The summed E-state index contributed by atoms with van der Waals surface area (Å²) in [5, 5.41) is 0. The summed E-state index contributed by atoms with van der Waals surface area (Å²) in [6, 6.07) is 0. The SMILES string of the molecule is CC(=O)O[C@@H]1CC[C@@]2(C)[C@H]3CC[C@]4(C)[C@H](C[C@H](C)[C@H]4C(C)=O)[C@H]3C[C@@H]3O[C@@]32C1. The number of fused-ring (bicyclic) bond motifs is 4. The fourth-order valence-corrected chi connectivity index (χ4v) is 9.20. The van der Waals surface area contributed by atoms with Gasteiger partial charge in [0.1, 0.15) is 17.5 Å². The highest BCUT2D eigenvalue weighted by molar-refractivity contribution is 5.80. The molecule has 0 bridgehead atoms. The molecule has 4 aliphatic carbocycles. The van der Waals surface area contributed by atoms with Gasteiger partial charge in [-0.3, -0.25) is 9.59 Å². The molecular formula is C24H36O4. The number of hydrogen-bond acceptors (Lipinski definition) is 4. The molecule has 10 atom stereocenters. The van der Waals surface area contributed by atoms with Crippen molar-refractivity contribution < 1.29 is 19.1 Å². The Bertz CT molecular complexity index is 717. The minimum Gasteiger partial charge on any atom is -0.462 e. The summed E-state index contributed by atoms with van der Waals surface area (Å²) in [5.74, 6) is 2.99. The van der Waals surface area contributed by atoms with Crippen LogP contribution in [0.1, 0.15) is 79.6 Å². The zero-order chi connectivity index (χ0) is 20.1. The summed E-state index contributed by atoms with van der Waals surface area (Å²) in [6.45, 7) is 10.5. The van der Waals surface area contributed by atoms with Crippen LogP contribution >= 0.6 is 0 Å². The van der Waals surface area contributed by atoms with E-state index in [-0.39, 0.29) is 34.4 Å². The lowest BCUT2D eigenvalue weighted by molar-refractivity contribution is -0.158. The van der Waals surface area contributed by atoms with Crippen molar-refractivity contribution in [3.63, 3.8) is 0 Å². The van der Waals surface area contributed by atoms with Crippen LogP contribution < -0.4 is 0 Å². The molecule has 4 saturated carbocycles. The highest BCUT2D eigenvalue weighted by atomic mass is 16.6. The Hall–Kier alpha value is -0.900. The van der Waals surface area contributed by atoms with Crippen LogP contribution in [0.2, 0.25) is 0 Å². The van der Waals surface area contributed by atoms with Crippen molar-refractivity contribution in [3.05, 3.63) is 0 Å². The standard InChI is InChI=1S/C24H36O4/c1-13-10-19-17-11-20-24(28-20)12-16(27-15(3)26)6-9-23(24,5)18(17)7-8-22(19,4)21(13)14(2)25/h13,16-21H,6-12H2,1-5H3/t13-,16+,17-,18-,19+,20-,21-,22+,23-,24-/m0/s1. The number of ether oxygens (including phenoxy) is 2. The van der Waals surface area contributed by atoms with Gasteiger partial charge in [-0.25, -0.2) is 0 Å². The first-order valence-electron chi connectivity index (χ1n) is 11.5. The van der Waals surface area contributed by atoms with E-state index in [9.17, 15) is 9.59 Å². The molecule has 28 heavy (non-hydrogen) atoms. The van der Waals surface area contributed by atoms with Gasteiger partial charge in [-0.05, 0) is 74.5 Å². The van der Waals surface area contributed by atoms with Gasteiger partial charge in [-0.1, -0.05) is 20.8 Å². The molecule has 1 heterocycles. The Morgan fingerprint density at radius 1 is 1.04 bits per heavy atom. The third-order valence-corrected chi connectivity index (χ3v) is 10.2. The van der Waals surface area contributed by atoms with Gasteiger partial charge in [-0.15, -0.1) is 0 Å². The zero-order valence-corrected chi connectivity index (χ0v) is 18.1. The topological polar surface area (TPSA) is 55.9 Å². The molecule has 1 saturated heterocycles. The van der Waals surface area contributed by atoms with Crippen LogP contribution in [0.15, 0.2) is 0 Å². The average molecular weight is 389 g/mol. The van der Waals surface area contributed by atoms with Crippen molar-refractivity contribution in [2.75, 3.05) is 0 Å². The second-order valence-corrected chi connectivity index (χ2v) is 11.3. The van der Waals surface area contributed by atoms with Crippen molar-refractivity contribution >= 4 is 11.8 Å². The van der Waals surface area contributed by atoms with E-state index in [1.54, 1.807) is 0 Å². The molecule has 1 spiro atoms.